The van der Waals surface area contributed by atoms with Gasteiger partial charge in [-0.25, -0.2) is 9.07 Å². The van der Waals surface area contributed by atoms with Gasteiger partial charge in [-0.2, -0.15) is 20.1 Å². The minimum absolute atomic E-state index is 0.0856. The van der Waals surface area contributed by atoms with Crippen molar-refractivity contribution in [2.75, 3.05) is 5.73 Å². The topological polar surface area (TPSA) is 82.5 Å². The van der Waals surface area contributed by atoms with Crippen LogP contribution in [0.3, 0.4) is 0 Å². The summed E-state index contributed by atoms with van der Waals surface area (Å²) in [5, 5.41) is 4.04. The fourth-order valence-corrected chi connectivity index (χ4v) is 1.78. The van der Waals surface area contributed by atoms with Crippen LogP contribution in [-0.4, -0.2) is 24.7 Å². The Labute approximate surface area is 114 Å². The van der Waals surface area contributed by atoms with Crippen LogP contribution in [0.2, 0.25) is 0 Å². The highest BCUT2D eigenvalue weighted by molar-refractivity contribution is 5.57. The van der Waals surface area contributed by atoms with E-state index in [2.05, 4.69) is 20.1 Å². The molecule has 2 heterocycles. The first kappa shape index (κ1) is 12.2. The van der Waals surface area contributed by atoms with Crippen LogP contribution in [0, 0.1) is 12.7 Å². The summed E-state index contributed by atoms with van der Waals surface area (Å²) in [5.74, 6) is 0.510. The lowest BCUT2D eigenvalue weighted by atomic mass is 10.1. The average molecular weight is 270 g/mol. The van der Waals surface area contributed by atoms with E-state index in [-0.39, 0.29) is 11.8 Å². The van der Waals surface area contributed by atoms with Gasteiger partial charge >= 0.3 is 0 Å². The smallest absolute Gasteiger partial charge is 0.255 e. The lowest BCUT2D eigenvalue weighted by Gasteiger charge is -2.06. The molecule has 20 heavy (non-hydrogen) atoms. The second-order valence-electron chi connectivity index (χ2n) is 4.23. The van der Waals surface area contributed by atoms with Crippen molar-refractivity contribution in [3.8, 4) is 17.3 Å². The van der Waals surface area contributed by atoms with Gasteiger partial charge in [-0.1, -0.05) is 0 Å². The quantitative estimate of drug-likeness (QED) is 0.767. The molecule has 0 spiro atoms. The van der Waals surface area contributed by atoms with Crippen LogP contribution < -0.4 is 5.73 Å². The maximum atomic E-state index is 13.3. The molecule has 0 atom stereocenters. The van der Waals surface area contributed by atoms with Gasteiger partial charge in [0, 0.05) is 18.0 Å². The number of hydrogen-bond donors (Lipinski definition) is 1. The summed E-state index contributed by atoms with van der Waals surface area (Å²) in [6, 6.07) is 6.39. The highest BCUT2D eigenvalue weighted by atomic mass is 19.1. The molecular weight excluding hydrogens is 259 g/mol. The Bertz CT molecular complexity index is 754. The molecule has 100 valence electrons. The molecule has 0 radical (unpaired) electrons. The van der Waals surface area contributed by atoms with Crippen molar-refractivity contribution >= 4 is 5.95 Å². The molecule has 6 nitrogen and oxygen atoms in total. The summed E-state index contributed by atoms with van der Waals surface area (Å²) < 4.78 is 14.8. The first-order chi connectivity index (χ1) is 9.63. The third-order valence-corrected chi connectivity index (χ3v) is 2.77. The van der Waals surface area contributed by atoms with E-state index in [1.54, 1.807) is 37.5 Å². The number of nitrogen functional groups attached to an aromatic ring is 1. The maximum absolute atomic E-state index is 13.3. The zero-order valence-corrected chi connectivity index (χ0v) is 10.7. The zero-order valence-electron chi connectivity index (χ0n) is 10.7. The molecule has 7 heteroatoms. The fraction of sp³-hybridized carbons (Fsp3) is 0.0769. The van der Waals surface area contributed by atoms with Gasteiger partial charge in [0.1, 0.15) is 5.82 Å². The van der Waals surface area contributed by atoms with Gasteiger partial charge in [-0.05, 0) is 36.8 Å². The standard InChI is InChI=1S/C13H11FN6/c1-8-7-9(3-4-10(8)14)11-17-12(15)19-13(18-11)20-6-2-5-16-20/h2-7H,1H3,(H2,15,17,18,19). The molecule has 3 aromatic rings. The number of benzene rings is 1. The van der Waals surface area contributed by atoms with Gasteiger partial charge in [0.05, 0.1) is 0 Å². The highest BCUT2D eigenvalue weighted by Gasteiger charge is 2.10. The molecule has 0 saturated carbocycles. The third-order valence-electron chi connectivity index (χ3n) is 2.77. The highest BCUT2D eigenvalue weighted by Crippen LogP contribution is 2.19. The molecule has 2 aromatic heterocycles. The normalized spacial score (nSPS) is 10.7. The van der Waals surface area contributed by atoms with E-state index in [1.807, 2.05) is 0 Å². The maximum Gasteiger partial charge on any atom is 0.255 e. The van der Waals surface area contributed by atoms with Crippen LogP contribution in [0.15, 0.2) is 36.7 Å². The lowest BCUT2D eigenvalue weighted by molar-refractivity contribution is 0.618. The van der Waals surface area contributed by atoms with Gasteiger partial charge in [-0.15, -0.1) is 0 Å². The molecule has 0 aliphatic carbocycles. The third kappa shape index (κ3) is 2.20. The first-order valence-electron chi connectivity index (χ1n) is 5.91. The Kier molecular flexibility index (Phi) is 2.86. The molecular formula is C13H11FN6. The van der Waals surface area contributed by atoms with Crippen molar-refractivity contribution in [1.82, 2.24) is 24.7 Å². The van der Waals surface area contributed by atoms with Gasteiger partial charge in [0.2, 0.25) is 5.95 Å². The molecule has 0 aliphatic rings. The van der Waals surface area contributed by atoms with E-state index in [1.165, 1.54) is 10.7 Å². The second-order valence-corrected chi connectivity index (χ2v) is 4.23. The molecule has 1 aromatic carbocycles. The first-order valence-corrected chi connectivity index (χ1v) is 5.91. The Morgan fingerprint density at radius 1 is 1.20 bits per heavy atom. The fourth-order valence-electron chi connectivity index (χ4n) is 1.78. The monoisotopic (exact) mass is 270 g/mol. The van der Waals surface area contributed by atoms with Crippen LogP contribution in [-0.2, 0) is 0 Å². The summed E-state index contributed by atoms with van der Waals surface area (Å²) in [7, 11) is 0. The van der Waals surface area contributed by atoms with Crippen LogP contribution in [0.25, 0.3) is 17.3 Å². The summed E-state index contributed by atoms with van der Waals surface area (Å²) in [6.07, 6.45) is 3.32. The molecule has 0 saturated heterocycles. The predicted octanol–water partition coefficient (Wildman–Crippen LogP) is 1.75. The summed E-state index contributed by atoms with van der Waals surface area (Å²) in [4.78, 5) is 12.4. The number of aromatic nitrogens is 5. The zero-order chi connectivity index (χ0) is 14.1. The van der Waals surface area contributed by atoms with Crippen LogP contribution >= 0.6 is 0 Å². The number of nitrogens with zero attached hydrogens (tertiary/aromatic N) is 5. The van der Waals surface area contributed by atoms with Crippen molar-refractivity contribution in [2.24, 2.45) is 0 Å². The Hall–Kier alpha value is -2.83. The summed E-state index contributed by atoms with van der Waals surface area (Å²) in [6.45, 7) is 1.68. The van der Waals surface area contributed by atoms with Crippen LogP contribution in [0.1, 0.15) is 5.56 Å². The number of hydrogen-bond acceptors (Lipinski definition) is 5. The Balaban J connectivity index is 2.12. The summed E-state index contributed by atoms with van der Waals surface area (Å²) in [5.41, 5.74) is 6.88. The second kappa shape index (κ2) is 4.69. The number of aryl methyl sites for hydroxylation is 1. The van der Waals surface area contributed by atoms with E-state index in [4.69, 9.17) is 5.73 Å². The van der Waals surface area contributed by atoms with Gasteiger partial charge in [0.25, 0.3) is 5.95 Å². The van der Waals surface area contributed by atoms with Crippen molar-refractivity contribution in [3.05, 3.63) is 48.0 Å². The Morgan fingerprint density at radius 3 is 2.75 bits per heavy atom. The van der Waals surface area contributed by atoms with Crippen molar-refractivity contribution in [1.29, 1.82) is 0 Å². The molecule has 0 amide bonds. The Morgan fingerprint density at radius 2 is 2.05 bits per heavy atom. The van der Waals surface area contributed by atoms with Crippen molar-refractivity contribution < 1.29 is 4.39 Å². The number of nitrogens with two attached hydrogens (primary N) is 1. The SMILES string of the molecule is Cc1cc(-c2nc(N)nc(-n3cccn3)n2)ccc1F. The minimum Gasteiger partial charge on any atom is -0.368 e. The van der Waals surface area contributed by atoms with Crippen molar-refractivity contribution in [3.63, 3.8) is 0 Å². The van der Waals surface area contributed by atoms with Gasteiger partial charge < -0.3 is 5.73 Å². The molecule has 0 bridgehead atoms. The number of rotatable bonds is 2. The molecule has 0 fully saturated rings. The number of anilines is 1. The average Bonchev–Trinajstić information content (AvgIpc) is 2.95. The van der Waals surface area contributed by atoms with E-state index in [9.17, 15) is 4.39 Å². The van der Waals surface area contributed by atoms with Crippen LogP contribution in [0.5, 0.6) is 0 Å². The summed E-state index contributed by atoms with van der Waals surface area (Å²) >= 11 is 0. The minimum atomic E-state index is -0.275. The van der Waals surface area contributed by atoms with E-state index in [0.29, 0.717) is 22.9 Å². The number of halogens is 1. The molecule has 2 N–H and O–H groups in total. The molecule has 0 aliphatic heterocycles. The predicted molar refractivity (Wildman–Crippen MR) is 71.5 cm³/mol. The van der Waals surface area contributed by atoms with Crippen molar-refractivity contribution in [2.45, 2.75) is 6.92 Å². The largest absolute Gasteiger partial charge is 0.368 e. The van der Waals surface area contributed by atoms with E-state index >= 15 is 0 Å². The van der Waals surface area contributed by atoms with Crippen LogP contribution in [0.4, 0.5) is 10.3 Å². The van der Waals surface area contributed by atoms with E-state index < -0.39 is 0 Å². The lowest BCUT2D eigenvalue weighted by Crippen LogP contribution is -2.08. The van der Waals surface area contributed by atoms with Gasteiger partial charge in [0.15, 0.2) is 5.82 Å². The van der Waals surface area contributed by atoms with Gasteiger partial charge in [-0.3, -0.25) is 0 Å². The molecule has 3 rings (SSSR count). The molecule has 0 unspecified atom stereocenters. The van der Waals surface area contributed by atoms with E-state index in [0.717, 1.165) is 0 Å².